The number of aryl methyl sites for hydroxylation is 1. The van der Waals surface area contributed by atoms with Gasteiger partial charge in [-0.2, -0.15) is 0 Å². The van der Waals surface area contributed by atoms with Crippen molar-refractivity contribution in [3.63, 3.8) is 0 Å². The summed E-state index contributed by atoms with van der Waals surface area (Å²) < 4.78 is 65.2. The zero-order valence-corrected chi connectivity index (χ0v) is 16.9. The summed E-state index contributed by atoms with van der Waals surface area (Å²) in [4.78, 5) is 13.9. The maximum absolute atomic E-state index is 14.4. The molecule has 0 bridgehead atoms. The number of sulfonamides is 1. The van der Waals surface area contributed by atoms with Crippen molar-refractivity contribution in [2.45, 2.75) is 18.0 Å². The van der Waals surface area contributed by atoms with Crippen molar-refractivity contribution in [1.82, 2.24) is 4.72 Å². The van der Waals surface area contributed by atoms with Gasteiger partial charge in [-0.15, -0.1) is 0 Å². The summed E-state index contributed by atoms with van der Waals surface area (Å²) in [6.45, 7) is 1.99. The zero-order valence-electron chi connectivity index (χ0n) is 16.1. The number of halogens is 2. The Morgan fingerprint density at radius 1 is 1.23 bits per heavy atom. The summed E-state index contributed by atoms with van der Waals surface area (Å²) in [5.74, 6) is -2.01. The Kier molecular flexibility index (Phi) is 4.89. The molecule has 30 heavy (non-hydrogen) atoms. The molecule has 1 saturated heterocycles. The van der Waals surface area contributed by atoms with Crippen LogP contribution in [-0.2, 0) is 10.0 Å². The molecular formula is C20H18F2N2O5S. The molecule has 0 spiro atoms. The molecule has 1 N–H and O–H groups in total. The summed E-state index contributed by atoms with van der Waals surface area (Å²) in [6, 6.07) is 8.34. The number of alkyl halides is 1. The molecule has 1 aliphatic heterocycles. The molecule has 1 fully saturated rings. The first-order chi connectivity index (χ1) is 14.2. The predicted octanol–water partition coefficient (Wildman–Crippen LogP) is 3.17. The van der Waals surface area contributed by atoms with Gasteiger partial charge in [0.25, 0.3) is 10.0 Å². The number of furan rings is 1. The van der Waals surface area contributed by atoms with Crippen molar-refractivity contribution in [2.75, 3.05) is 25.1 Å². The fraction of sp³-hybridized carbons (Fsp3) is 0.250. The lowest BCUT2D eigenvalue weighted by Crippen LogP contribution is -2.48. The highest BCUT2D eigenvalue weighted by molar-refractivity contribution is 7.90. The summed E-state index contributed by atoms with van der Waals surface area (Å²) in [5.41, 5.74) is 1.14. The summed E-state index contributed by atoms with van der Waals surface area (Å²) in [7, 11) is -2.96. The highest BCUT2D eigenvalue weighted by Gasteiger charge is 2.29. The van der Waals surface area contributed by atoms with Gasteiger partial charge in [-0.1, -0.05) is 6.07 Å². The van der Waals surface area contributed by atoms with Gasteiger partial charge in [-0.3, -0.25) is 4.79 Å². The van der Waals surface area contributed by atoms with Crippen LogP contribution < -0.4 is 14.4 Å². The number of amides is 1. The highest BCUT2D eigenvalue weighted by atomic mass is 32.2. The fourth-order valence-electron chi connectivity index (χ4n) is 3.23. The van der Waals surface area contributed by atoms with Crippen molar-refractivity contribution < 1.29 is 31.1 Å². The van der Waals surface area contributed by atoms with E-state index in [1.54, 1.807) is 17.9 Å². The molecule has 0 saturated carbocycles. The number of hydrogen-bond donors (Lipinski definition) is 1. The molecule has 158 valence electrons. The predicted molar refractivity (Wildman–Crippen MR) is 106 cm³/mol. The number of methoxy groups -OCH3 is 1. The van der Waals surface area contributed by atoms with Crippen LogP contribution in [0.5, 0.6) is 5.75 Å². The second-order valence-electron chi connectivity index (χ2n) is 7.04. The Morgan fingerprint density at radius 3 is 2.63 bits per heavy atom. The van der Waals surface area contributed by atoms with E-state index in [1.165, 1.54) is 31.4 Å². The normalized spacial score (nSPS) is 14.6. The molecule has 0 unspecified atom stereocenters. The molecule has 10 heteroatoms. The van der Waals surface area contributed by atoms with E-state index in [0.29, 0.717) is 11.3 Å². The molecule has 1 aromatic heterocycles. The Labute approximate surface area is 171 Å². The molecule has 1 amide bonds. The number of anilines is 1. The van der Waals surface area contributed by atoms with E-state index in [2.05, 4.69) is 0 Å². The van der Waals surface area contributed by atoms with Crippen LogP contribution in [0.3, 0.4) is 0 Å². The van der Waals surface area contributed by atoms with E-state index in [0.717, 1.165) is 6.07 Å². The number of benzene rings is 2. The number of nitrogens with zero attached hydrogens (tertiary/aromatic N) is 1. The van der Waals surface area contributed by atoms with Gasteiger partial charge < -0.3 is 14.1 Å². The third-order valence-corrected chi connectivity index (χ3v) is 6.19. The average Bonchev–Trinajstić information content (AvgIpc) is 3.10. The molecule has 3 aromatic rings. The van der Waals surface area contributed by atoms with E-state index in [9.17, 15) is 22.0 Å². The van der Waals surface area contributed by atoms with Crippen LogP contribution in [-0.4, -0.2) is 40.7 Å². The zero-order chi connectivity index (χ0) is 21.6. The van der Waals surface area contributed by atoms with Crippen LogP contribution in [0.1, 0.15) is 16.1 Å². The molecule has 0 atom stereocenters. The summed E-state index contributed by atoms with van der Waals surface area (Å²) in [6.07, 6.45) is -0.967. The van der Waals surface area contributed by atoms with Gasteiger partial charge in [-0.05, 0) is 30.7 Å². The van der Waals surface area contributed by atoms with Gasteiger partial charge in [0.2, 0.25) is 0 Å². The van der Waals surface area contributed by atoms with Gasteiger partial charge in [0.15, 0.2) is 5.76 Å². The van der Waals surface area contributed by atoms with Crippen molar-refractivity contribution >= 4 is 32.6 Å². The first-order valence-corrected chi connectivity index (χ1v) is 10.5. The van der Waals surface area contributed by atoms with E-state index in [4.69, 9.17) is 9.15 Å². The molecule has 0 radical (unpaired) electrons. The molecule has 2 heterocycles. The molecule has 2 aromatic carbocycles. The van der Waals surface area contributed by atoms with Crippen molar-refractivity contribution in [2.24, 2.45) is 0 Å². The molecule has 1 aliphatic rings. The SMILES string of the molecule is COc1ccc(C)cc1S(=O)(=O)NC(=O)c1cc2c(F)cc(N3CC(F)C3)cc2o1. The molecular weight excluding hydrogens is 418 g/mol. The van der Waals surface area contributed by atoms with Gasteiger partial charge in [0.1, 0.15) is 28.2 Å². The van der Waals surface area contributed by atoms with Crippen molar-refractivity contribution in [3.8, 4) is 5.75 Å². The maximum Gasteiger partial charge on any atom is 0.300 e. The minimum atomic E-state index is -4.27. The second kappa shape index (κ2) is 7.28. The Hall–Kier alpha value is -3.14. The quantitative estimate of drug-likeness (QED) is 0.661. The average molecular weight is 436 g/mol. The number of fused-ring (bicyclic) bond motifs is 1. The van der Waals surface area contributed by atoms with Gasteiger partial charge >= 0.3 is 5.91 Å². The van der Waals surface area contributed by atoms with Crippen LogP contribution in [0.4, 0.5) is 14.5 Å². The maximum atomic E-state index is 14.4. The Bertz CT molecular complexity index is 1250. The topological polar surface area (TPSA) is 88.8 Å². The Balaban J connectivity index is 1.63. The van der Waals surface area contributed by atoms with E-state index in [-0.39, 0.29) is 40.5 Å². The number of nitrogens with one attached hydrogen (secondary N) is 1. The molecule has 0 aliphatic carbocycles. The molecule has 4 rings (SSSR count). The lowest BCUT2D eigenvalue weighted by Gasteiger charge is -2.36. The Morgan fingerprint density at radius 2 is 1.97 bits per heavy atom. The number of ether oxygens (including phenoxy) is 1. The smallest absolute Gasteiger partial charge is 0.300 e. The fourth-order valence-corrected chi connectivity index (χ4v) is 4.45. The molecule has 7 nitrogen and oxygen atoms in total. The number of carbonyl (C=O) groups excluding carboxylic acids is 1. The summed E-state index contributed by atoms with van der Waals surface area (Å²) >= 11 is 0. The van der Waals surface area contributed by atoms with Gasteiger partial charge in [-0.25, -0.2) is 21.9 Å². The van der Waals surface area contributed by atoms with Crippen molar-refractivity contribution in [1.29, 1.82) is 0 Å². The number of carbonyl (C=O) groups is 1. The van der Waals surface area contributed by atoms with Gasteiger partial charge in [0, 0.05) is 17.8 Å². The highest BCUT2D eigenvalue weighted by Crippen LogP contribution is 2.31. The lowest BCUT2D eigenvalue weighted by molar-refractivity contribution is 0.0956. The third kappa shape index (κ3) is 3.58. The number of rotatable bonds is 5. The summed E-state index contributed by atoms with van der Waals surface area (Å²) in [5, 5.41) is 0.0201. The minimum Gasteiger partial charge on any atom is -0.495 e. The van der Waals surface area contributed by atoms with E-state index >= 15 is 0 Å². The van der Waals surface area contributed by atoms with Gasteiger partial charge in [0.05, 0.1) is 25.6 Å². The first-order valence-electron chi connectivity index (χ1n) is 9.02. The standard InChI is InChI=1S/C20H18F2N2O5S/c1-11-3-4-16(28-2)19(5-11)30(26,27)23-20(25)18-8-14-15(22)6-13(7-17(14)29-18)24-9-12(21)10-24/h3-8,12H,9-10H2,1-2H3,(H,23,25). The second-order valence-corrected chi connectivity index (χ2v) is 8.69. The monoisotopic (exact) mass is 436 g/mol. The minimum absolute atomic E-state index is 0.0201. The van der Waals surface area contributed by atoms with Crippen molar-refractivity contribution in [3.05, 3.63) is 53.5 Å². The lowest BCUT2D eigenvalue weighted by atomic mass is 10.1. The van der Waals surface area contributed by atoms with Crippen LogP contribution in [0.15, 0.2) is 45.7 Å². The van der Waals surface area contributed by atoms with E-state index in [1.807, 2.05) is 4.72 Å². The van der Waals surface area contributed by atoms with Crippen LogP contribution in [0, 0.1) is 12.7 Å². The largest absolute Gasteiger partial charge is 0.495 e. The van der Waals surface area contributed by atoms with Crippen LogP contribution >= 0.6 is 0 Å². The van der Waals surface area contributed by atoms with E-state index < -0.39 is 27.9 Å². The first kappa shape index (κ1) is 20.1. The third-order valence-electron chi connectivity index (χ3n) is 4.83. The number of hydrogen-bond acceptors (Lipinski definition) is 6. The van der Waals surface area contributed by atoms with Crippen LogP contribution in [0.2, 0.25) is 0 Å². The van der Waals surface area contributed by atoms with Crippen LogP contribution in [0.25, 0.3) is 11.0 Å².